The van der Waals surface area contributed by atoms with E-state index in [9.17, 15) is 18.0 Å². The molecule has 4 rings (SSSR count). The Labute approximate surface area is 187 Å². The molecule has 0 fully saturated rings. The van der Waals surface area contributed by atoms with E-state index >= 15 is 0 Å². The highest BCUT2D eigenvalue weighted by atomic mass is 19.4. The maximum Gasteiger partial charge on any atom is 0.417 e. The number of benzene rings is 1. The van der Waals surface area contributed by atoms with Crippen molar-refractivity contribution >= 4 is 22.6 Å². The first-order valence-corrected chi connectivity index (χ1v) is 9.94. The topological polar surface area (TPSA) is 97.9 Å². The van der Waals surface area contributed by atoms with Crippen LogP contribution in [0.5, 0.6) is 0 Å². The van der Waals surface area contributed by atoms with Gasteiger partial charge in [0.15, 0.2) is 0 Å². The van der Waals surface area contributed by atoms with Gasteiger partial charge in [-0.3, -0.25) is 9.78 Å². The van der Waals surface area contributed by atoms with Crippen LogP contribution < -0.4 is 5.73 Å². The number of nitrogen functional groups attached to an aromatic ring is 1. The van der Waals surface area contributed by atoms with Gasteiger partial charge in [0, 0.05) is 23.3 Å². The molecule has 7 nitrogen and oxygen atoms in total. The van der Waals surface area contributed by atoms with Crippen LogP contribution in [-0.4, -0.2) is 30.7 Å². The van der Waals surface area contributed by atoms with Gasteiger partial charge in [-0.15, -0.1) is 0 Å². The van der Waals surface area contributed by atoms with Gasteiger partial charge in [0.2, 0.25) is 0 Å². The predicted octanol–water partition coefficient (Wildman–Crippen LogP) is 4.17. The third kappa shape index (κ3) is 5.05. The molecule has 0 aliphatic heterocycles. The van der Waals surface area contributed by atoms with Crippen molar-refractivity contribution in [1.29, 1.82) is 0 Å². The fraction of sp³-hybridized carbons (Fsp3) is 0.174. The lowest BCUT2D eigenvalue weighted by atomic mass is 10.1. The first kappa shape index (κ1) is 22.1. The van der Waals surface area contributed by atoms with E-state index in [-0.39, 0.29) is 19.0 Å². The number of carbonyl (C=O) groups is 1. The molecule has 0 atom stereocenters. The van der Waals surface area contributed by atoms with Gasteiger partial charge in [-0.1, -0.05) is 0 Å². The zero-order chi connectivity index (χ0) is 23.6. The molecule has 0 radical (unpaired) electrons. The van der Waals surface area contributed by atoms with Gasteiger partial charge in [-0.25, -0.2) is 15.0 Å². The molecule has 0 spiro atoms. The first-order valence-electron chi connectivity index (χ1n) is 9.94. The number of aryl methyl sites for hydroxylation is 1. The Bertz CT molecular complexity index is 1290. The van der Waals surface area contributed by atoms with E-state index in [0.29, 0.717) is 28.3 Å². The lowest BCUT2D eigenvalue weighted by Crippen LogP contribution is -2.31. The van der Waals surface area contributed by atoms with E-state index < -0.39 is 11.7 Å². The number of hydrogen-bond acceptors (Lipinski definition) is 6. The molecule has 2 N–H and O–H groups in total. The number of pyridine rings is 2. The van der Waals surface area contributed by atoms with E-state index in [1.165, 1.54) is 17.3 Å². The Morgan fingerprint density at radius 2 is 1.79 bits per heavy atom. The van der Waals surface area contributed by atoms with Crippen molar-refractivity contribution in [2.75, 3.05) is 5.73 Å². The number of amides is 1. The molecule has 0 unspecified atom stereocenters. The summed E-state index contributed by atoms with van der Waals surface area (Å²) in [7, 11) is 0. The van der Waals surface area contributed by atoms with Crippen LogP contribution in [0.15, 0.2) is 61.2 Å². The van der Waals surface area contributed by atoms with Crippen molar-refractivity contribution in [1.82, 2.24) is 24.8 Å². The largest absolute Gasteiger partial charge is 0.417 e. The standard InChI is InChI=1S/C23H19F3N6O/c1-14-8-16-9-15(2-5-20(16)31-21(14)27)22(33)32(12-19-6-7-28-13-30-19)11-18-4-3-17(10-29-18)23(24,25)26/h2-10,13H,11-12H2,1H3,(H2,27,31). The summed E-state index contributed by atoms with van der Waals surface area (Å²) in [4.78, 5) is 31.1. The van der Waals surface area contributed by atoms with Crippen molar-refractivity contribution < 1.29 is 18.0 Å². The van der Waals surface area contributed by atoms with Gasteiger partial charge in [0.05, 0.1) is 35.6 Å². The molecule has 0 saturated carbocycles. The second-order valence-corrected chi connectivity index (χ2v) is 7.50. The molecule has 1 aromatic carbocycles. The number of anilines is 1. The summed E-state index contributed by atoms with van der Waals surface area (Å²) in [6.07, 6.45) is -0.806. The number of rotatable bonds is 5. The molecular weight excluding hydrogens is 433 g/mol. The first-order chi connectivity index (χ1) is 15.7. The van der Waals surface area contributed by atoms with Crippen LogP contribution >= 0.6 is 0 Å². The second-order valence-electron chi connectivity index (χ2n) is 7.50. The minimum atomic E-state index is -4.48. The van der Waals surface area contributed by atoms with Gasteiger partial charge in [0.25, 0.3) is 5.91 Å². The summed E-state index contributed by atoms with van der Waals surface area (Å²) in [5.41, 5.74) is 7.75. The van der Waals surface area contributed by atoms with Crippen LogP contribution in [0.25, 0.3) is 10.9 Å². The van der Waals surface area contributed by atoms with Gasteiger partial charge in [0.1, 0.15) is 12.1 Å². The molecule has 0 aliphatic carbocycles. The number of hydrogen-bond donors (Lipinski definition) is 1. The van der Waals surface area contributed by atoms with Crippen molar-refractivity contribution in [3.8, 4) is 0 Å². The Kier molecular flexibility index (Phi) is 5.91. The lowest BCUT2D eigenvalue weighted by molar-refractivity contribution is -0.137. The average Bonchev–Trinajstić information content (AvgIpc) is 2.79. The maximum absolute atomic E-state index is 13.4. The number of alkyl halides is 3. The molecule has 0 bridgehead atoms. The second kappa shape index (κ2) is 8.81. The van der Waals surface area contributed by atoms with Crippen molar-refractivity contribution in [2.45, 2.75) is 26.2 Å². The number of nitrogens with two attached hydrogens (primary N) is 1. The third-order valence-electron chi connectivity index (χ3n) is 5.08. The van der Waals surface area contributed by atoms with Gasteiger partial charge < -0.3 is 10.6 Å². The van der Waals surface area contributed by atoms with Crippen LogP contribution in [0.1, 0.15) is 32.9 Å². The molecule has 0 saturated heterocycles. The minimum Gasteiger partial charge on any atom is -0.383 e. The SMILES string of the molecule is Cc1cc2cc(C(=O)N(Cc3ccncn3)Cc3ccc(C(F)(F)F)cn3)ccc2nc1N. The van der Waals surface area contributed by atoms with Crippen LogP contribution in [-0.2, 0) is 19.3 Å². The van der Waals surface area contributed by atoms with Gasteiger partial charge in [-0.2, -0.15) is 13.2 Å². The van der Waals surface area contributed by atoms with Crippen molar-refractivity contribution in [2.24, 2.45) is 0 Å². The number of nitrogens with zero attached hydrogens (tertiary/aromatic N) is 5. The molecule has 168 valence electrons. The Morgan fingerprint density at radius 3 is 2.42 bits per heavy atom. The Hall–Kier alpha value is -4.08. The van der Waals surface area contributed by atoms with Crippen LogP contribution in [0, 0.1) is 6.92 Å². The zero-order valence-electron chi connectivity index (χ0n) is 17.5. The molecule has 1 amide bonds. The fourth-order valence-corrected chi connectivity index (χ4v) is 3.30. The summed E-state index contributed by atoms with van der Waals surface area (Å²) in [6.45, 7) is 1.95. The van der Waals surface area contributed by atoms with E-state index in [1.807, 2.05) is 13.0 Å². The number of carbonyl (C=O) groups excluding carboxylic acids is 1. The molecule has 0 aliphatic rings. The highest BCUT2D eigenvalue weighted by Gasteiger charge is 2.30. The maximum atomic E-state index is 13.4. The summed E-state index contributed by atoms with van der Waals surface area (Å²) in [5.74, 6) is 0.0898. The molecule has 33 heavy (non-hydrogen) atoms. The van der Waals surface area contributed by atoms with Crippen LogP contribution in [0.3, 0.4) is 0 Å². The highest BCUT2D eigenvalue weighted by molar-refractivity contribution is 5.98. The van der Waals surface area contributed by atoms with Crippen LogP contribution in [0.4, 0.5) is 19.0 Å². The monoisotopic (exact) mass is 452 g/mol. The summed E-state index contributed by atoms with van der Waals surface area (Å²) in [6, 6.07) is 10.8. The molecule has 3 aromatic heterocycles. The van der Waals surface area contributed by atoms with Crippen molar-refractivity contribution in [3.05, 3.63) is 89.3 Å². The predicted molar refractivity (Wildman–Crippen MR) is 116 cm³/mol. The molecule has 10 heteroatoms. The quantitative estimate of drug-likeness (QED) is 0.488. The van der Waals surface area contributed by atoms with Gasteiger partial charge in [-0.05, 0) is 55.0 Å². The summed E-state index contributed by atoms with van der Waals surface area (Å²) < 4.78 is 38.6. The molecular formula is C23H19F3N6O. The zero-order valence-corrected chi connectivity index (χ0v) is 17.5. The van der Waals surface area contributed by atoms with Crippen molar-refractivity contribution in [3.63, 3.8) is 0 Å². The van der Waals surface area contributed by atoms with E-state index in [2.05, 4.69) is 19.9 Å². The van der Waals surface area contributed by atoms with E-state index in [0.717, 1.165) is 23.2 Å². The smallest absolute Gasteiger partial charge is 0.383 e. The normalized spacial score (nSPS) is 11.5. The number of halogens is 3. The molecule has 3 heterocycles. The van der Waals surface area contributed by atoms with Gasteiger partial charge >= 0.3 is 6.18 Å². The van der Waals surface area contributed by atoms with Crippen LogP contribution in [0.2, 0.25) is 0 Å². The summed E-state index contributed by atoms with van der Waals surface area (Å²) >= 11 is 0. The van der Waals surface area contributed by atoms with E-state index in [4.69, 9.17) is 5.73 Å². The molecule has 4 aromatic rings. The Balaban J connectivity index is 1.66. The third-order valence-corrected chi connectivity index (χ3v) is 5.08. The Morgan fingerprint density at radius 1 is 1.03 bits per heavy atom. The minimum absolute atomic E-state index is 0.00196. The summed E-state index contributed by atoms with van der Waals surface area (Å²) in [5, 5.41) is 0.752. The van der Waals surface area contributed by atoms with E-state index in [1.54, 1.807) is 30.5 Å². The average molecular weight is 452 g/mol. The lowest BCUT2D eigenvalue weighted by Gasteiger charge is -2.22. The highest BCUT2D eigenvalue weighted by Crippen LogP contribution is 2.28. The number of fused-ring (bicyclic) bond motifs is 1. The number of aromatic nitrogens is 4. The fourth-order valence-electron chi connectivity index (χ4n) is 3.30.